The Balaban J connectivity index is 1.32. The van der Waals surface area contributed by atoms with E-state index in [1.807, 2.05) is 63.4 Å². The first kappa shape index (κ1) is 29.0. The number of amides is 2. The molecule has 2 heterocycles. The molecule has 0 aliphatic carbocycles. The van der Waals surface area contributed by atoms with Gasteiger partial charge in [-0.05, 0) is 39.6 Å². The van der Waals surface area contributed by atoms with Crippen molar-refractivity contribution >= 4 is 22.6 Å². The van der Waals surface area contributed by atoms with Crippen LogP contribution in [0.25, 0.3) is 10.8 Å². The molecule has 2 atom stereocenters. The number of phenols is 1. The molecule has 2 N–H and O–H groups in total. The summed E-state index contributed by atoms with van der Waals surface area (Å²) >= 11 is 0. The Kier molecular flexibility index (Phi) is 8.34. The van der Waals surface area contributed by atoms with Crippen molar-refractivity contribution in [3.05, 3.63) is 139 Å². The molecular formula is C36H37N5O3. The van der Waals surface area contributed by atoms with Crippen LogP contribution in [0.2, 0.25) is 0 Å². The molecule has 0 saturated carbocycles. The fourth-order valence-electron chi connectivity index (χ4n) is 6.27. The van der Waals surface area contributed by atoms with Gasteiger partial charge >= 0.3 is 0 Å². The molecule has 2 aliphatic rings. The topological polar surface area (TPSA) is 79.4 Å². The van der Waals surface area contributed by atoms with Gasteiger partial charge in [-0.15, -0.1) is 6.58 Å². The van der Waals surface area contributed by atoms with Gasteiger partial charge in [0.15, 0.2) is 0 Å². The number of rotatable bonds is 11. The van der Waals surface area contributed by atoms with Crippen LogP contribution in [0.15, 0.2) is 122 Å². The summed E-state index contributed by atoms with van der Waals surface area (Å²) in [6.07, 6.45) is 1.74. The third-order valence-corrected chi connectivity index (χ3v) is 8.44. The number of phenolic OH excluding ortho intramolecular Hbond substituents is 1. The average molecular weight is 588 g/mol. The number of carbonyl (C=O) groups excluding carboxylic acids is 2. The Bertz CT molecular complexity index is 1670. The molecule has 8 nitrogen and oxygen atoms in total. The van der Waals surface area contributed by atoms with E-state index in [4.69, 9.17) is 0 Å². The minimum absolute atomic E-state index is 0.0891. The van der Waals surface area contributed by atoms with Gasteiger partial charge in [0.05, 0.1) is 19.6 Å². The summed E-state index contributed by atoms with van der Waals surface area (Å²) in [5.41, 5.74) is 3.04. The Morgan fingerprint density at radius 2 is 1.66 bits per heavy atom. The van der Waals surface area contributed by atoms with Crippen LogP contribution < -0.4 is 5.32 Å². The highest BCUT2D eigenvalue weighted by Gasteiger charge is 2.51. The van der Waals surface area contributed by atoms with Crippen LogP contribution in [-0.2, 0) is 29.1 Å². The van der Waals surface area contributed by atoms with Gasteiger partial charge in [0, 0.05) is 19.5 Å². The summed E-state index contributed by atoms with van der Waals surface area (Å²) in [5, 5.41) is 19.4. The molecular weight excluding hydrogens is 550 g/mol. The van der Waals surface area contributed by atoms with Gasteiger partial charge in [-0.2, -0.15) is 5.01 Å². The number of benzene rings is 4. The van der Waals surface area contributed by atoms with Crippen molar-refractivity contribution in [1.82, 2.24) is 25.1 Å². The van der Waals surface area contributed by atoms with Crippen molar-refractivity contribution in [2.75, 3.05) is 19.6 Å². The normalized spacial score (nSPS) is 18.4. The Hall–Kier alpha value is -5.08. The zero-order valence-corrected chi connectivity index (χ0v) is 24.7. The maximum atomic E-state index is 14.2. The Morgan fingerprint density at radius 1 is 0.932 bits per heavy atom. The van der Waals surface area contributed by atoms with Crippen LogP contribution in [0.5, 0.6) is 5.75 Å². The number of hydrogen-bond acceptors (Lipinski definition) is 6. The first-order valence-corrected chi connectivity index (χ1v) is 14.9. The van der Waals surface area contributed by atoms with Gasteiger partial charge in [0.1, 0.15) is 23.8 Å². The third kappa shape index (κ3) is 5.89. The highest BCUT2D eigenvalue weighted by atomic mass is 16.3. The smallest absolute Gasteiger partial charge is 0.246 e. The van der Waals surface area contributed by atoms with E-state index in [0.29, 0.717) is 38.4 Å². The SMILES string of the molecule is C=CCN(C(=C)NCc1ccccc1)N1CC(=O)N2[C@@H](Cc3ccc(O)cc3)C(=O)N(Cc3cccc4ccccc34)C[C@@H]21. The lowest BCUT2D eigenvalue weighted by Gasteiger charge is -2.47. The zero-order chi connectivity index (χ0) is 30.6. The molecule has 2 saturated heterocycles. The van der Waals surface area contributed by atoms with Crippen LogP contribution in [0, 0.1) is 0 Å². The average Bonchev–Trinajstić information content (AvgIpc) is 3.37. The van der Waals surface area contributed by atoms with Crippen LogP contribution in [0.3, 0.4) is 0 Å². The minimum atomic E-state index is -0.693. The van der Waals surface area contributed by atoms with E-state index in [1.165, 1.54) is 0 Å². The first-order valence-electron chi connectivity index (χ1n) is 14.9. The van der Waals surface area contributed by atoms with Gasteiger partial charge in [-0.3, -0.25) is 14.6 Å². The molecule has 0 unspecified atom stereocenters. The summed E-state index contributed by atoms with van der Waals surface area (Å²) < 4.78 is 0. The van der Waals surface area contributed by atoms with Gasteiger partial charge in [0.25, 0.3) is 0 Å². The second kappa shape index (κ2) is 12.7. The van der Waals surface area contributed by atoms with Crippen molar-refractivity contribution in [3.8, 4) is 5.75 Å². The maximum absolute atomic E-state index is 14.2. The highest BCUT2D eigenvalue weighted by molar-refractivity contribution is 5.92. The van der Waals surface area contributed by atoms with Crippen LogP contribution in [0.4, 0.5) is 0 Å². The van der Waals surface area contributed by atoms with Crippen molar-refractivity contribution in [2.45, 2.75) is 31.7 Å². The number of nitrogens with one attached hydrogen (secondary N) is 1. The van der Waals surface area contributed by atoms with E-state index < -0.39 is 12.2 Å². The zero-order valence-electron chi connectivity index (χ0n) is 24.7. The summed E-state index contributed by atoms with van der Waals surface area (Å²) in [5.74, 6) is 0.607. The summed E-state index contributed by atoms with van der Waals surface area (Å²) in [6.45, 7) is 10.2. The van der Waals surface area contributed by atoms with E-state index in [2.05, 4.69) is 42.7 Å². The van der Waals surface area contributed by atoms with E-state index in [9.17, 15) is 14.7 Å². The number of hydrogen-bond donors (Lipinski definition) is 2. The van der Waals surface area contributed by atoms with E-state index in [0.717, 1.165) is 27.5 Å². The van der Waals surface area contributed by atoms with Gasteiger partial charge in [0.2, 0.25) is 11.8 Å². The molecule has 0 bridgehead atoms. The monoisotopic (exact) mass is 587 g/mol. The molecule has 4 aromatic carbocycles. The lowest BCUT2D eigenvalue weighted by molar-refractivity contribution is -0.158. The number of fused-ring (bicyclic) bond motifs is 2. The van der Waals surface area contributed by atoms with Crippen LogP contribution >= 0.6 is 0 Å². The fourth-order valence-corrected chi connectivity index (χ4v) is 6.27. The molecule has 2 aliphatic heterocycles. The number of hydrazine groups is 1. The Morgan fingerprint density at radius 3 is 2.43 bits per heavy atom. The lowest BCUT2D eigenvalue weighted by atomic mass is 9.99. The predicted octanol–water partition coefficient (Wildman–Crippen LogP) is 4.63. The van der Waals surface area contributed by atoms with Crippen molar-refractivity contribution in [1.29, 1.82) is 0 Å². The molecule has 2 amide bonds. The fraction of sp³-hybridized carbons (Fsp3) is 0.222. The van der Waals surface area contributed by atoms with Crippen LogP contribution in [0.1, 0.15) is 16.7 Å². The molecule has 2 fully saturated rings. The van der Waals surface area contributed by atoms with Gasteiger partial charge < -0.3 is 20.2 Å². The van der Waals surface area contributed by atoms with Gasteiger partial charge in [-0.25, -0.2) is 0 Å². The van der Waals surface area contributed by atoms with Crippen LogP contribution in [-0.4, -0.2) is 68.6 Å². The standard InChI is InChI=1S/C36H37N5O3/c1-3-20-39(26(2)37-22-28-10-5-4-6-11-28)40-25-35(43)41-33(21-27-16-18-31(42)19-17-27)36(44)38(24-34(40)41)23-30-14-9-13-29-12-7-8-15-32(29)30/h3-19,33-34,37,42H,1-2,20-25H2/t33-,34+/m0/s1. The maximum Gasteiger partial charge on any atom is 0.246 e. The first-order chi connectivity index (χ1) is 21.4. The van der Waals surface area contributed by atoms with E-state index >= 15 is 0 Å². The van der Waals surface area contributed by atoms with Gasteiger partial charge in [-0.1, -0.05) is 97.6 Å². The number of piperazine rings is 1. The summed E-state index contributed by atoms with van der Waals surface area (Å²) in [7, 11) is 0. The van der Waals surface area contributed by atoms with E-state index in [1.54, 1.807) is 35.2 Å². The number of carbonyl (C=O) groups is 2. The predicted molar refractivity (Wildman–Crippen MR) is 172 cm³/mol. The molecule has 44 heavy (non-hydrogen) atoms. The summed E-state index contributed by atoms with van der Waals surface area (Å²) in [4.78, 5) is 31.6. The number of nitrogens with zero attached hydrogens (tertiary/aromatic N) is 4. The molecule has 4 aromatic rings. The molecule has 0 radical (unpaired) electrons. The minimum Gasteiger partial charge on any atom is -0.508 e. The molecule has 0 spiro atoms. The molecule has 6 rings (SSSR count). The van der Waals surface area contributed by atoms with E-state index in [-0.39, 0.29) is 24.1 Å². The Labute approximate surface area is 258 Å². The summed E-state index contributed by atoms with van der Waals surface area (Å²) in [6, 6.07) is 30.5. The molecule has 8 heteroatoms. The molecule has 224 valence electrons. The molecule has 0 aromatic heterocycles. The quantitative estimate of drug-likeness (QED) is 0.249. The number of aromatic hydroxyl groups is 1. The van der Waals surface area contributed by atoms with Crippen molar-refractivity contribution in [2.24, 2.45) is 0 Å². The highest BCUT2D eigenvalue weighted by Crippen LogP contribution is 2.32. The third-order valence-electron chi connectivity index (χ3n) is 8.44. The lowest BCUT2D eigenvalue weighted by Crippen LogP contribution is -2.65. The van der Waals surface area contributed by atoms with Crippen molar-refractivity contribution in [3.63, 3.8) is 0 Å². The largest absolute Gasteiger partial charge is 0.508 e. The van der Waals surface area contributed by atoms with Crippen molar-refractivity contribution < 1.29 is 14.7 Å². The second-order valence-electron chi connectivity index (χ2n) is 11.3. The second-order valence-corrected chi connectivity index (χ2v) is 11.3.